The minimum Gasteiger partial charge on any atom is -0.343 e. The van der Waals surface area contributed by atoms with Gasteiger partial charge < -0.3 is 10.6 Å². The second-order valence-corrected chi connectivity index (χ2v) is 7.32. The summed E-state index contributed by atoms with van der Waals surface area (Å²) in [4.78, 5) is 11.4. The fourth-order valence-corrected chi connectivity index (χ4v) is 2.66. The van der Waals surface area contributed by atoms with Crippen molar-refractivity contribution in [3.8, 4) is 11.8 Å². The van der Waals surface area contributed by atoms with Crippen molar-refractivity contribution in [2.45, 2.75) is 56.5 Å². The van der Waals surface area contributed by atoms with Gasteiger partial charge in [0.2, 0.25) is 17.7 Å². The van der Waals surface area contributed by atoms with E-state index in [0.29, 0.717) is 0 Å². The van der Waals surface area contributed by atoms with Gasteiger partial charge in [-0.25, -0.2) is 0 Å². The van der Waals surface area contributed by atoms with Crippen LogP contribution in [-0.4, -0.2) is 39.4 Å². The SMILES string of the molecule is C[C@@H](Nc1nc(C#CC2(c3ccccc3)CC2)nc(N[C@H](C)C(F)(F)F)n1)C(F)(F)F. The molecule has 0 amide bonds. The first kappa shape index (κ1) is 22.7. The molecule has 2 N–H and O–H groups in total. The summed E-state index contributed by atoms with van der Waals surface area (Å²) >= 11 is 0. The van der Waals surface area contributed by atoms with Crippen molar-refractivity contribution in [1.82, 2.24) is 15.0 Å². The maximum absolute atomic E-state index is 12.9. The third-order valence-corrected chi connectivity index (χ3v) is 4.80. The Kier molecular flexibility index (Phi) is 6.02. The van der Waals surface area contributed by atoms with Crippen molar-refractivity contribution < 1.29 is 26.3 Å². The highest BCUT2D eigenvalue weighted by molar-refractivity contribution is 5.46. The van der Waals surface area contributed by atoms with Crippen LogP contribution in [0.25, 0.3) is 0 Å². The number of alkyl halides is 6. The highest BCUT2D eigenvalue weighted by atomic mass is 19.4. The highest BCUT2D eigenvalue weighted by Crippen LogP contribution is 2.47. The molecule has 0 spiro atoms. The van der Waals surface area contributed by atoms with Crippen LogP contribution in [0.5, 0.6) is 0 Å². The molecule has 0 bridgehead atoms. The molecule has 166 valence electrons. The van der Waals surface area contributed by atoms with E-state index in [1.54, 1.807) is 0 Å². The number of anilines is 2. The lowest BCUT2D eigenvalue weighted by Crippen LogP contribution is -2.35. The zero-order chi connectivity index (χ0) is 22.9. The molecule has 1 fully saturated rings. The number of halogens is 6. The van der Waals surface area contributed by atoms with Gasteiger partial charge in [0.1, 0.15) is 12.1 Å². The lowest BCUT2D eigenvalue weighted by molar-refractivity contribution is -0.139. The van der Waals surface area contributed by atoms with Crippen molar-refractivity contribution >= 4 is 11.9 Å². The van der Waals surface area contributed by atoms with E-state index in [2.05, 4.69) is 26.8 Å². The number of aromatic nitrogens is 3. The van der Waals surface area contributed by atoms with E-state index in [9.17, 15) is 26.3 Å². The van der Waals surface area contributed by atoms with Gasteiger partial charge in [-0.15, -0.1) is 0 Å². The summed E-state index contributed by atoms with van der Waals surface area (Å²) in [5.74, 6) is 4.44. The first-order chi connectivity index (χ1) is 14.4. The maximum atomic E-state index is 12.9. The van der Waals surface area contributed by atoms with Gasteiger partial charge in [0, 0.05) is 0 Å². The molecule has 1 heterocycles. The van der Waals surface area contributed by atoms with Gasteiger partial charge in [0.05, 0.1) is 5.41 Å². The fraction of sp³-hybridized carbons (Fsp3) is 0.450. The van der Waals surface area contributed by atoms with Crippen molar-refractivity contribution in [2.24, 2.45) is 0 Å². The van der Waals surface area contributed by atoms with Crippen LogP contribution >= 0.6 is 0 Å². The number of hydrogen-bond donors (Lipinski definition) is 2. The van der Waals surface area contributed by atoms with Crippen molar-refractivity contribution in [2.75, 3.05) is 10.6 Å². The zero-order valence-corrected chi connectivity index (χ0v) is 16.6. The second kappa shape index (κ2) is 8.24. The van der Waals surface area contributed by atoms with Crippen LogP contribution < -0.4 is 10.6 Å². The van der Waals surface area contributed by atoms with E-state index in [1.807, 2.05) is 41.0 Å². The number of rotatable bonds is 5. The minimum atomic E-state index is -4.60. The Bertz CT molecular complexity index is 933. The van der Waals surface area contributed by atoms with Gasteiger partial charge in [-0.3, -0.25) is 0 Å². The summed E-state index contributed by atoms with van der Waals surface area (Å²) in [6.07, 6.45) is -7.64. The fourth-order valence-electron chi connectivity index (χ4n) is 2.66. The Morgan fingerprint density at radius 2 is 1.32 bits per heavy atom. The predicted octanol–water partition coefficient (Wildman–Crippen LogP) is 4.68. The molecule has 0 aliphatic heterocycles. The van der Waals surface area contributed by atoms with Crippen LogP contribution in [0.15, 0.2) is 30.3 Å². The standard InChI is InChI=1S/C20H19F6N5/c1-12(19(21,22)23)27-16-29-15(30-17(31-16)28-13(2)20(24,25)26)8-9-18(10-11-18)14-6-4-3-5-7-14/h3-7,12-13H,10-11H2,1-2H3,(H2,27,28,29,30,31)/t12-,13-/m1/s1. The van der Waals surface area contributed by atoms with Gasteiger partial charge in [0.25, 0.3) is 0 Å². The molecule has 0 radical (unpaired) electrons. The third kappa shape index (κ3) is 5.77. The predicted molar refractivity (Wildman–Crippen MR) is 102 cm³/mol. The molecule has 1 aromatic heterocycles. The van der Waals surface area contributed by atoms with E-state index in [0.717, 1.165) is 32.3 Å². The normalized spacial score (nSPS) is 17.2. The number of benzene rings is 1. The second-order valence-electron chi connectivity index (χ2n) is 7.32. The lowest BCUT2D eigenvalue weighted by Gasteiger charge is -2.19. The molecule has 5 nitrogen and oxygen atoms in total. The summed E-state index contributed by atoms with van der Waals surface area (Å²) in [5.41, 5.74) is 0.553. The quantitative estimate of drug-likeness (QED) is 0.519. The largest absolute Gasteiger partial charge is 0.408 e. The molecule has 1 saturated carbocycles. The Morgan fingerprint density at radius 3 is 1.74 bits per heavy atom. The molecule has 11 heteroatoms. The molecule has 0 saturated heterocycles. The van der Waals surface area contributed by atoms with Gasteiger partial charge in [-0.05, 0) is 38.2 Å². The van der Waals surface area contributed by atoms with Gasteiger partial charge >= 0.3 is 12.4 Å². The molecule has 3 rings (SSSR count). The van der Waals surface area contributed by atoms with E-state index < -0.39 is 41.7 Å². The van der Waals surface area contributed by atoms with Crippen LogP contribution in [0.2, 0.25) is 0 Å². The van der Waals surface area contributed by atoms with E-state index in [4.69, 9.17) is 0 Å². The van der Waals surface area contributed by atoms with E-state index in [-0.39, 0.29) is 5.82 Å². The molecule has 1 aliphatic rings. The third-order valence-electron chi connectivity index (χ3n) is 4.80. The van der Waals surface area contributed by atoms with Crippen molar-refractivity contribution in [1.29, 1.82) is 0 Å². The molecule has 1 aliphatic carbocycles. The maximum Gasteiger partial charge on any atom is 0.408 e. The zero-order valence-electron chi connectivity index (χ0n) is 16.6. The monoisotopic (exact) mass is 443 g/mol. The minimum absolute atomic E-state index is 0.231. The summed E-state index contributed by atoms with van der Waals surface area (Å²) in [6.45, 7) is 1.68. The number of nitrogens with zero attached hydrogens (tertiary/aromatic N) is 3. The first-order valence-corrected chi connectivity index (χ1v) is 9.40. The topological polar surface area (TPSA) is 62.7 Å². The molecule has 31 heavy (non-hydrogen) atoms. The molecular weight excluding hydrogens is 424 g/mol. The molecule has 2 aromatic rings. The van der Waals surface area contributed by atoms with Gasteiger partial charge in [-0.1, -0.05) is 36.3 Å². The molecule has 0 unspecified atom stereocenters. The Balaban J connectivity index is 1.92. The van der Waals surface area contributed by atoms with Crippen LogP contribution in [0, 0.1) is 11.8 Å². The molecular formula is C20H19F6N5. The van der Waals surface area contributed by atoms with Crippen LogP contribution in [0.1, 0.15) is 38.1 Å². The van der Waals surface area contributed by atoms with Crippen molar-refractivity contribution in [3.63, 3.8) is 0 Å². The summed E-state index contributed by atoms with van der Waals surface area (Å²) in [6, 6.07) is 5.35. The number of hydrogen-bond acceptors (Lipinski definition) is 5. The Morgan fingerprint density at radius 1 is 0.839 bits per heavy atom. The summed E-state index contributed by atoms with van der Waals surface area (Å²) in [5, 5.41) is 4.09. The molecule has 1 aromatic carbocycles. The van der Waals surface area contributed by atoms with Crippen LogP contribution in [0.3, 0.4) is 0 Å². The van der Waals surface area contributed by atoms with Crippen LogP contribution in [-0.2, 0) is 5.41 Å². The Labute approximate surface area is 174 Å². The van der Waals surface area contributed by atoms with Crippen LogP contribution in [0.4, 0.5) is 38.2 Å². The summed E-state index contributed by atoms with van der Waals surface area (Å²) in [7, 11) is 0. The van der Waals surface area contributed by atoms with Gasteiger partial charge in [-0.2, -0.15) is 41.3 Å². The smallest absolute Gasteiger partial charge is 0.343 e. The average molecular weight is 443 g/mol. The lowest BCUT2D eigenvalue weighted by atomic mass is 9.97. The first-order valence-electron chi connectivity index (χ1n) is 9.40. The van der Waals surface area contributed by atoms with E-state index >= 15 is 0 Å². The number of nitrogens with one attached hydrogen (secondary N) is 2. The molecule has 2 atom stereocenters. The highest BCUT2D eigenvalue weighted by Gasteiger charge is 2.43. The Hall–Kier alpha value is -3.03. The average Bonchev–Trinajstić information content (AvgIpc) is 3.47. The van der Waals surface area contributed by atoms with Gasteiger partial charge in [0.15, 0.2) is 0 Å². The van der Waals surface area contributed by atoms with E-state index in [1.165, 1.54) is 0 Å². The van der Waals surface area contributed by atoms with Crippen molar-refractivity contribution in [3.05, 3.63) is 41.7 Å². The summed E-state index contributed by atoms with van der Waals surface area (Å²) < 4.78 is 77.3.